The van der Waals surface area contributed by atoms with Gasteiger partial charge in [0.15, 0.2) is 11.5 Å². The van der Waals surface area contributed by atoms with E-state index in [0.717, 1.165) is 54.2 Å². The minimum atomic E-state index is 0.762. The Hall–Kier alpha value is -2.97. The number of fused-ring (bicyclic) bond motifs is 2. The van der Waals surface area contributed by atoms with Crippen LogP contribution in [0.15, 0.2) is 42.7 Å². The van der Waals surface area contributed by atoms with Gasteiger partial charge in [-0.15, -0.1) is 0 Å². The molecule has 0 aliphatic carbocycles. The van der Waals surface area contributed by atoms with Crippen LogP contribution in [0.2, 0.25) is 0 Å². The molecule has 26 heavy (non-hydrogen) atoms. The summed E-state index contributed by atoms with van der Waals surface area (Å²) in [5.41, 5.74) is 5.37. The Labute approximate surface area is 153 Å². The van der Waals surface area contributed by atoms with Crippen LogP contribution in [-0.2, 0) is 19.5 Å². The van der Waals surface area contributed by atoms with Gasteiger partial charge in [-0.3, -0.25) is 4.90 Å². The molecule has 3 heterocycles. The Morgan fingerprint density at radius 3 is 2.62 bits per heavy atom. The molecule has 0 saturated carbocycles. The lowest BCUT2D eigenvalue weighted by Gasteiger charge is -2.29. The maximum Gasteiger partial charge on any atom is 0.161 e. The molecule has 1 aliphatic heterocycles. The molecule has 1 aromatic carbocycles. The summed E-state index contributed by atoms with van der Waals surface area (Å²) >= 11 is 0. The van der Waals surface area contributed by atoms with E-state index >= 15 is 0 Å². The second-order valence-corrected chi connectivity index (χ2v) is 6.57. The highest BCUT2D eigenvalue weighted by Gasteiger charge is 2.21. The molecule has 4 rings (SSSR count). The van der Waals surface area contributed by atoms with Crippen molar-refractivity contribution in [2.24, 2.45) is 0 Å². The molecule has 0 spiro atoms. The summed E-state index contributed by atoms with van der Waals surface area (Å²) in [5.74, 6) is 1.55. The lowest BCUT2D eigenvalue weighted by molar-refractivity contribution is 0.244. The van der Waals surface area contributed by atoms with Gasteiger partial charge in [0, 0.05) is 37.6 Å². The van der Waals surface area contributed by atoms with Gasteiger partial charge < -0.3 is 13.9 Å². The van der Waals surface area contributed by atoms with E-state index in [2.05, 4.69) is 29.3 Å². The van der Waals surface area contributed by atoms with E-state index in [0.29, 0.717) is 0 Å². The number of hydrogen-bond acceptors (Lipinski definition) is 4. The number of methoxy groups -OCH3 is 2. The molecule has 1 aliphatic rings. The standard InChI is InChI=1S/C21H21N3O2/c1-25-20-9-15-6-8-23(12-16(15)10-21(20)26-2)13-17-14-24-7-4-3-5-19(24)18(17)11-22/h3-5,7,9-10,14H,6,8,12-13H2,1-2H3. The van der Waals surface area contributed by atoms with E-state index in [1.54, 1.807) is 14.2 Å². The summed E-state index contributed by atoms with van der Waals surface area (Å²) in [6.07, 6.45) is 5.02. The highest BCUT2D eigenvalue weighted by atomic mass is 16.5. The molecule has 0 amide bonds. The van der Waals surface area contributed by atoms with Gasteiger partial charge in [-0.1, -0.05) is 6.07 Å². The fraction of sp³-hybridized carbons (Fsp3) is 0.286. The van der Waals surface area contributed by atoms with Crippen LogP contribution in [-0.4, -0.2) is 30.1 Å². The van der Waals surface area contributed by atoms with Crippen molar-refractivity contribution in [1.29, 1.82) is 5.26 Å². The normalized spacial score (nSPS) is 14.0. The lowest BCUT2D eigenvalue weighted by atomic mass is 9.98. The molecule has 0 N–H and O–H groups in total. The van der Waals surface area contributed by atoms with E-state index < -0.39 is 0 Å². The predicted molar refractivity (Wildman–Crippen MR) is 99.5 cm³/mol. The van der Waals surface area contributed by atoms with Gasteiger partial charge in [-0.05, 0) is 41.8 Å². The topological polar surface area (TPSA) is 49.9 Å². The average Bonchev–Trinajstić information content (AvgIpc) is 3.03. The molecule has 0 bridgehead atoms. The number of ether oxygens (including phenoxy) is 2. The van der Waals surface area contributed by atoms with Crippen molar-refractivity contribution >= 4 is 5.52 Å². The van der Waals surface area contributed by atoms with Gasteiger partial charge >= 0.3 is 0 Å². The van der Waals surface area contributed by atoms with Crippen molar-refractivity contribution < 1.29 is 9.47 Å². The number of hydrogen-bond donors (Lipinski definition) is 0. The molecule has 132 valence electrons. The van der Waals surface area contributed by atoms with Crippen LogP contribution in [0.1, 0.15) is 22.3 Å². The van der Waals surface area contributed by atoms with Gasteiger partial charge in [0.1, 0.15) is 6.07 Å². The first-order chi connectivity index (χ1) is 12.7. The zero-order chi connectivity index (χ0) is 18.1. The number of aromatic nitrogens is 1. The van der Waals surface area contributed by atoms with Gasteiger partial charge in [0.25, 0.3) is 0 Å². The van der Waals surface area contributed by atoms with Crippen molar-refractivity contribution in [2.75, 3.05) is 20.8 Å². The Morgan fingerprint density at radius 1 is 1.12 bits per heavy atom. The number of nitrogens with zero attached hydrogens (tertiary/aromatic N) is 3. The van der Waals surface area contributed by atoms with Crippen LogP contribution in [0.5, 0.6) is 11.5 Å². The molecule has 5 heteroatoms. The molecule has 5 nitrogen and oxygen atoms in total. The van der Waals surface area contributed by atoms with E-state index in [4.69, 9.17) is 9.47 Å². The Bertz CT molecular complexity index is 1000. The molecule has 0 unspecified atom stereocenters. The third kappa shape index (κ3) is 2.79. The predicted octanol–water partition coefficient (Wildman–Crippen LogP) is 3.39. The summed E-state index contributed by atoms with van der Waals surface area (Å²) in [4.78, 5) is 2.38. The first kappa shape index (κ1) is 16.5. The van der Waals surface area contributed by atoms with Crippen molar-refractivity contribution in [3.05, 3.63) is 65.0 Å². The molecular weight excluding hydrogens is 326 g/mol. The molecule has 2 aromatic heterocycles. The monoisotopic (exact) mass is 347 g/mol. The van der Waals surface area contributed by atoms with Crippen LogP contribution >= 0.6 is 0 Å². The number of nitriles is 1. The fourth-order valence-electron chi connectivity index (χ4n) is 3.74. The summed E-state index contributed by atoms with van der Waals surface area (Å²) in [6, 6.07) is 12.5. The summed E-state index contributed by atoms with van der Waals surface area (Å²) in [6.45, 7) is 2.56. The number of pyridine rings is 1. The third-order valence-corrected chi connectivity index (χ3v) is 5.07. The first-order valence-corrected chi connectivity index (χ1v) is 8.68. The molecule has 0 saturated heterocycles. The van der Waals surface area contributed by atoms with Crippen molar-refractivity contribution in [3.63, 3.8) is 0 Å². The van der Waals surface area contributed by atoms with Gasteiger partial charge in [0.05, 0.1) is 25.3 Å². The third-order valence-electron chi connectivity index (χ3n) is 5.07. The van der Waals surface area contributed by atoms with Crippen molar-refractivity contribution in [2.45, 2.75) is 19.5 Å². The summed E-state index contributed by atoms with van der Waals surface area (Å²) < 4.78 is 12.9. The van der Waals surface area contributed by atoms with E-state index in [9.17, 15) is 5.26 Å². The van der Waals surface area contributed by atoms with Crippen LogP contribution in [0, 0.1) is 11.3 Å². The lowest BCUT2D eigenvalue weighted by Crippen LogP contribution is -2.30. The molecule has 0 fully saturated rings. The molecular formula is C21H21N3O2. The van der Waals surface area contributed by atoms with Crippen molar-refractivity contribution in [3.8, 4) is 17.6 Å². The van der Waals surface area contributed by atoms with Gasteiger partial charge in [-0.25, -0.2) is 0 Å². The smallest absolute Gasteiger partial charge is 0.161 e. The summed E-state index contributed by atoms with van der Waals surface area (Å²) in [5, 5.41) is 9.61. The molecule has 3 aromatic rings. The van der Waals surface area contributed by atoms with Crippen LogP contribution < -0.4 is 9.47 Å². The Balaban J connectivity index is 1.61. The molecule has 0 radical (unpaired) electrons. The minimum Gasteiger partial charge on any atom is -0.493 e. The largest absolute Gasteiger partial charge is 0.493 e. The first-order valence-electron chi connectivity index (χ1n) is 8.68. The zero-order valence-electron chi connectivity index (χ0n) is 15.0. The minimum absolute atomic E-state index is 0.762. The second-order valence-electron chi connectivity index (χ2n) is 6.57. The SMILES string of the molecule is COc1cc2c(cc1OC)CN(Cc1cn3ccccc3c1C#N)CC2. The second kappa shape index (κ2) is 6.74. The van der Waals surface area contributed by atoms with Gasteiger partial charge in [0.2, 0.25) is 0 Å². The highest BCUT2D eigenvalue weighted by molar-refractivity contribution is 5.65. The number of rotatable bonds is 4. The van der Waals surface area contributed by atoms with E-state index in [-0.39, 0.29) is 0 Å². The van der Waals surface area contributed by atoms with Crippen LogP contribution in [0.25, 0.3) is 5.52 Å². The maximum absolute atomic E-state index is 9.61. The Morgan fingerprint density at radius 2 is 1.88 bits per heavy atom. The quantitative estimate of drug-likeness (QED) is 0.726. The zero-order valence-corrected chi connectivity index (χ0v) is 15.0. The summed E-state index contributed by atoms with van der Waals surface area (Å²) in [7, 11) is 3.33. The van der Waals surface area contributed by atoms with E-state index in [1.807, 2.05) is 28.8 Å². The van der Waals surface area contributed by atoms with Crippen molar-refractivity contribution in [1.82, 2.24) is 9.30 Å². The maximum atomic E-state index is 9.61. The van der Waals surface area contributed by atoms with Crippen LogP contribution in [0.4, 0.5) is 0 Å². The number of benzene rings is 1. The molecule has 0 atom stereocenters. The fourth-order valence-corrected chi connectivity index (χ4v) is 3.74. The van der Waals surface area contributed by atoms with E-state index in [1.165, 1.54) is 11.1 Å². The van der Waals surface area contributed by atoms with Crippen LogP contribution in [0.3, 0.4) is 0 Å². The average molecular weight is 347 g/mol. The highest BCUT2D eigenvalue weighted by Crippen LogP contribution is 2.33. The van der Waals surface area contributed by atoms with Gasteiger partial charge in [-0.2, -0.15) is 5.26 Å². The Kier molecular flexibility index (Phi) is 4.27.